The van der Waals surface area contributed by atoms with Crippen molar-refractivity contribution in [2.75, 3.05) is 5.75 Å². The summed E-state index contributed by atoms with van der Waals surface area (Å²) in [6.45, 7) is 0. The number of hydrogen-bond acceptors (Lipinski definition) is 2. The number of rotatable bonds is 4. The number of halogens is 2. The Labute approximate surface area is 95.5 Å². The lowest BCUT2D eigenvalue weighted by molar-refractivity contribution is 0.535. The van der Waals surface area contributed by atoms with Crippen LogP contribution in [0.15, 0.2) is 18.2 Å². The van der Waals surface area contributed by atoms with Crippen LogP contribution in [0.4, 0.5) is 0 Å². The Morgan fingerprint density at radius 3 is 2.64 bits per heavy atom. The average Bonchev–Trinajstić information content (AvgIpc) is 2.08. The summed E-state index contributed by atoms with van der Waals surface area (Å²) in [7, 11) is 0. The van der Waals surface area contributed by atoms with Crippen LogP contribution < -0.4 is 0 Å². The molecule has 78 valence electrons. The summed E-state index contributed by atoms with van der Waals surface area (Å²) in [4.78, 5) is 0. The molecule has 0 radical (unpaired) electrons. The molecule has 0 N–H and O–H groups in total. The summed E-state index contributed by atoms with van der Waals surface area (Å²) in [6, 6.07) is 5.22. The van der Waals surface area contributed by atoms with Crippen molar-refractivity contribution in [1.82, 2.24) is 0 Å². The molecular weight excluding hydrogens is 243 g/mol. The van der Waals surface area contributed by atoms with Gasteiger partial charge < -0.3 is 4.55 Å². The van der Waals surface area contributed by atoms with Crippen LogP contribution in [-0.4, -0.2) is 14.5 Å². The number of aryl methyl sites for hydroxylation is 1. The highest BCUT2D eigenvalue weighted by Crippen LogP contribution is 2.21. The van der Waals surface area contributed by atoms with Gasteiger partial charge in [-0.1, -0.05) is 40.3 Å². The normalized spacial score (nSPS) is 12.8. The molecule has 0 amide bonds. The fourth-order valence-electron chi connectivity index (χ4n) is 1.10. The third-order valence-electron chi connectivity index (χ3n) is 1.77. The SMILES string of the molecule is O=S([O-])CCCc1ccc(Cl)cc1Cl. The maximum absolute atomic E-state index is 10.3. The second-order valence-electron chi connectivity index (χ2n) is 2.85. The maximum Gasteiger partial charge on any atom is 0.0452 e. The lowest BCUT2D eigenvalue weighted by Gasteiger charge is -2.06. The molecule has 0 bridgehead atoms. The Morgan fingerprint density at radius 1 is 1.36 bits per heavy atom. The molecule has 1 unspecified atom stereocenters. The molecule has 14 heavy (non-hydrogen) atoms. The van der Waals surface area contributed by atoms with E-state index in [0.29, 0.717) is 22.9 Å². The van der Waals surface area contributed by atoms with E-state index in [2.05, 4.69) is 0 Å². The van der Waals surface area contributed by atoms with E-state index in [-0.39, 0.29) is 5.75 Å². The van der Waals surface area contributed by atoms with Gasteiger partial charge in [0.2, 0.25) is 0 Å². The smallest absolute Gasteiger partial charge is 0.0452 e. The third-order valence-corrected chi connectivity index (χ3v) is 2.98. The summed E-state index contributed by atoms with van der Waals surface area (Å²) in [5.74, 6) is 0.166. The molecular formula is C9H9Cl2O2S-. The first-order chi connectivity index (χ1) is 6.59. The van der Waals surface area contributed by atoms with E-state index in [4.69, 9.17) is 23.2 Å². The van der Waals surface area contributed by atoms with Crippen LogP contribution in [0.3, 0.4) is 0 Å². The number of benzene rings is 1. The molecule has 1 aromatic carbocycles. The molecule has 2 nitrogen and oxygen atoms in total. The average molecular weight is 252 g/mol. The molecule has 0 spiro atoms. The molecule has 0 saturated carbocycles. The van der Waals surface area contributed by atoms with Crippen LogP contribution in [0.2, 0.25) is 10.0 Å². The first-order valence-corrected chi connectivity index (χ1v) is 6.09. The van der Waals surface area contributed by atoms with Crippen LogP contribution in [0.5, 0.6) is 0 Å². The Morgan fingerprint density at radius 2 is 2.07 bits per heavy atom. The van der Waals surface area contributed by atoms with E-state index >= 15 is 0 Å². The fourth-order valence-corrected chi connectivity index (χ4v) is 1.99. The lowest BCUT2D eigenvalue weighted by Crippen LogP contribution is -1.97. The van der Waals surface area contributed by atoms with E-state index < -0.39 is 11.1 Å². The lowest BCUT2D eigenvalue weighted by atomic mass is 10.1. The summed E-state index contributed by atoms with van der Waals surface area (Å²) < 4.78 is 20.5. The first-order valence-electron chi connectivity index (χ1n) is 4.09. The van der Waals surface area contributed by atoms with Crippen molar-refractivity contribution in [2.45, 2.75) is 12.8 Å². The molecule has 0 aromatic heterocycles. The highest BCUT2D eigenvalue weighted by Gasteiger charge is 2.00. The predicted molar refractivity (Wildman–Crippen MR) is 58.6 cm³/mol. The van der Waals surface area contributed by atoms with Crippen molar-refractivity contribution in [3.05, 3.63) is 33.8 Å². The Bertz CT molecular complexity index is 342. The van der Waals surface area contributed by atoms with Gasteiger partial charge in [-0.3, -0.25) is 4.21 Å². The quantitative estimate of drug-likeness (QED) is 0.773. The summed E-state index contributed by atoms with van der Waals surface area (Å²) >= 11 is 9.66. The zero-order valence-corrected chi connectivity index (χ0v) is 9.66. The van der Waals surface area contributed by atoms with Gasteiger partial charge in [-0.25, -0.2) is 0 Å². The van der Waals surface area contributed by atoms with Crippen LogP contribution >= 0.6 is 23.2 Å². The van der Waals surface area contributed by atoms with Crippen molar-refractivity contribution < 1.29 is 8.76 Å². The van der Waals surface area contributed by atoms with Crippen molar-refractivity contribution >= 4 is 34.3 Å². The van der Waals surface area contributed by atoms with Gasteiger partial charge >= 0.3 is 0 Å². The van der Waals surface area contributed by atoms with Crippen molar-refractivity contribution in [1.29, 1.82) is 0 Å². The van der Waals surface area contributed by atoms with E-state index in [9.17, 15) is 8.76 Å². The Balaban J connectivity index is 2.55. The zero-order valence-electron chi connectivity index (χ0n) is 7.33. The Kier molecular flexibility index (Phi) is 4.89. The van der Waals surface area contributed by atoms with Crippen molar-refractivity contribution in [2.24, 2.45) is 0 Å². The van der Waals surface area contributed by atoms with Gasteiger partial charge in [0, 0.05) is 15.8 Å². The molecule has 0 aliphatic heterocycles. The topological polar surface area (TPSA) is 40.1 Å². The van der Waals surface area contributed by atoms with Crippen LogP contribution in [0.25, 0.3) is 0 Å². The van der Waals surface area contributed by atoms with E-state index in [1.807, 2.05) is 6.07 Å². The molecule has 0 aliphatic rings. The number of hydrogen-bond donors (Lipinski definition) is 0. The van der Waals surface area contributed by atoms with Crippen molar-refractivity contribution in [3.8, 4) is 0 Å². The minimum atomic E-state index is -1.97. The van der Waals surface area contributed by atoms with Gasteiger partial charge in [0.15, 0.2) is 0 Å². The Hall–Kier alpha value is -0.0900. The molecule has 5 heteroatoms. The van der Waals surface area contributed by atoms with E-state index in [0.717, 1.165) is 5.56 Å². The van der Waals surface area contributed by atoms with Gasteiger partial charge in [-0.15, -0.1) is 0 Å². The molecule has 1 aromatic rings. The van der Waals surface area contributed by atoms with E-state index in [1.165, 1.54) is 0 Å². The summed E-state index contributed by atoms with van der Waals surface area (Å²) in [5, 5.41) is 1.18. The molecule has 0 fully saturated rings. The van der Waals surface area contributed by atoms with Gasteiger partial charge in [-0.05, 0) is 30.5 Å². The third kappa shape index (κ3) is 3.96. The minimum Gasteiger partial charge on any atom is -0.772 e. The second kappa shape index (κ2) is 5.71. The standard InChI is InChI=1S/C9H10Cl2O2S/c10-8-4-3-7(9(11)6-8)2-1-5-14(12)13/h3-4,6H,1-2,5H2,(H,12,13)/p-1. The minimum absolute atomic E-state index is 0.166. The highest BCUT2D eigenvalue weighted by atomic mass is 35.5. The summed E-state index contributed by atoms with van der Waals surface area (Å²) in [6.07, 6.45) is 1.24. The van der Waals surface area contributed by atoms with Gasteiger partial charge in [-0.2, -0.15) is 0 Å². The molecule has 0 aliphatic carbocycles. The zero-order chi connectivity index (χ0) is 10.6. The van der Waals surface area contributed by atoms with E-state index in [1.54, 1.807) is 12.1 Å². The van der Waals surface area contributed by atoms with Crippen LogP contribution in [0.1, 0.15) is 12.0 Å². The first kappa shape index (κ1) is 12.0. The second-order valence-corrected chi connectivity index (χ2v) is 4.71. The van der Waals surface area contributed by atoms with Gasteiger partial charge in [0.25, 0.3) is 0 Å². The predicted octanol–water partition coefficient (Wildman–Crippen LogP) is 2.81. The largest absolute Gasteiger partial charge is 0.772 e. The summed E-state index contributed by atoms with van der Waals surface area (Å²) in [5.41, 5.74) is 0.932. The molecule has 0 heterocycles. The van der Waals surface area contributed by atoms with Gasteiger partial charge in [0.1, 0.15) is 0 Å². The maximum atomic E-state index is 10.3. The van der Waals surface area contributed by atoms with Gasteiger partial charge in [0.05, 0.1) is 0 Å². The molecule has 0 saturated heterocycles. The monoisotopic (exact) mass is 251 g/mol. The highest BCUT2D eigenvalue weighted by molar-refractivity contribution is 7.79. The van der Waals surface area contributed by atoms with Crippen LogP contribution in [-0.2, 0) is 17.5 Å². The fraction of sp³-hybridized carbons (Fsp3) is 0.333. The van der Waals surface area contributed by atoms with Crippen molar-refractivity contribution in [3.63, 3.8) is 0 Å². The van der Waals surface area contributed by atoms with Crippen LogP contribution in [0, 0.1) is 0 Å². The molecule has 1 atom stereocenters. The molecule has 1 rings (SSSR count).